The van der Waals surface area contributed by atoms with Gasteiger partial charge < -0.3 is 5.32 Å². The molecule has 1 aliphatic heterocycles. The number of anilines is 1. The van der Waals surface area contributed by atoms with Crippen molar-refractivity contribution in [3.8, 4) is 0 Å². The van der Waals surface area contributed by atoms with Crippen LogP contribution in [0.4, 0.5) is 5.82 Å². The highest BCUT2D eigenvalue weighted by molar-refractivity contribution is 5.50. The van der Waals surface area contributed by atoms with E-state index >= 15 is 0 Å². The van der Waals surface area contributed by atoms with E-state index in [0.29, 0.717) is 6.42 Å². The van der Waals surface area contributed by atoms with Crippen molar-refractivity contribution in [2.45, 2.75) is 32.1 Å². The molecule has 1 aromatic heterocycles. The maximum atomic E-state index is 10.1. The first-order chi connectivity index (χ1) is 7.40. The van der Waals surface area contributed by atoms with Crippen LogP contribution in [0.2, 0.25) is 0 Å². The summed E-state index contributed by atoms with van der Waals surface area (Å²) in [5.41, 5.74) is 2.38. The van der Waals surface area contributed by atoms with Gasteiger partial charge in [-0.15, -0.1) is 0 Å². The summed E-state index contributed by atoms with van der Waals surface area (Å²) in [7, 11) is 0. The van der Waals surface area contributed by atoms with E-state index in [1.165, 1.54) is 12.0 Å². The zero-order chi connectivity index (χ0) is 10.5. The summed E-state index contributed by atoms with van der Waals surface area (Å²) in [6.07, 6.45) is 6.43. The van der Waals surface area contributed by atoms with E-state index in [0.717, 1.165) is 37.3 Å². The fourth-order valence-corrected chi connectivity index (χ4v) is 1.85. The van der Waals surface area contributed by atoms with E-state index in [2.05, 4.69) is 22.4 Å². The smallest absolute Gasteiger partial charge is 0.198 e. The van der Waals surface area contributed by atoms with Gasteiger partial charge in [-0.1, -0.05) is 6.07 Å². The Morgan fingerprint density at radius 3 is 3.27 bits per heavy atom. The maximum Gasteiger partial charge on any atom is 0.198 e. The number of hydrogen-bond donors (Lipinski definition) is 1. The zero-order valence-corrected chi connectivity index (χ0v) is 8.75. The highest BCUT2D eigenvalue weighted by Gasteiger charge is 2.09. The third kappa shape index (κ3) is 2.55. The van der Waals surface area contributed by atoms with Crippen LogP contribution in [0, 0.1) is 0 Å². The van der Waals surface area contributed by atoms with Gasteiger partial charge in [-0.25, -0.2) is 4.98 Å². The van der Waals surface area contributed by atoms with E-state index in [4.69, 9.17) is 0 Å². The van der Waals surface area contributed by atoms with Gasteiger partial charge in [0.15, 0.2) is 6.29 Å². The van der Waals surface area contributed by atoms with Crippen LogP contribution in [0.5, 0.6) is 0 Å². The van der Waals surface area contributed by atoms with Gasteiger partial charge in [0.25, 0.3) is 0 Å². The van der Waals surface area contributed by atoms with Crippen molar-refractivity contribution in [2.75, 3.05) is 11.9 Å². The molecular weight excluding hydrogens is 188 g/mol. The average molecular weight is 203 g/mol. The number of hydrogen-bond acceptors (Lipinski definition) is 3. The molecule has 0 amide bonds. The van der Waals surface area contributed by atoms with Crippen LogP contribution in [-0.4, -0.2) is 17.8 Å². The first-order valence-electron chi connectivity index (χ1n) is 5.48. The van der Waals surface area contributed by atoms with E-state index in [-0.39, 0.29) is 0 Å². The summed E-state index contributed by atoms with van der Waals surface area (Å²) >= 11 is 0. The van der Waals surface area contributed by atoms with Crippen molar-refractivity contribution < 1.29 is 4.79 Å². The lowest BCUT2D eigenvalue weighted by atomic mass is 10.1. The van der Waals surface area contributed by atoms with Crippen molar-refractivity contribution in [1.29, 1.82) is 0 Å². The predicted octanol–water partition coefficient (Wildman–Crippen LogP) is 1.87. The van der Waals surface area contributed by atoms with Gasteiger partial charge in [0.05, 0.1) is 0 Å². The molecule has 3 nitrogen and oxygen atoms in total. The van der Waals surface area contributed by atoms with E-state index in [1.807, 2.05) is 6.29 Å². The summed E-state index contributed by atoms with van der Waals surface area (Å²) in [5.74, 6) is 1.04. The summed E-state index contributed by atoms with van der Waals surface area (Å²) in [6, 6.07) is 4.21. The molecule has 0 fully saturated rings. The second kappa shape index (κ2) is 4.91. The number of nitrogens with one attached hydrogen (secondary N) is 1. The molecule has 2 heterocycles. The number of aromatic nitrogens is 1. The molecule has 2 rings (SSSR count). The molecule has 1 aliphatic rings. The van der Waals surface area contributed by atoms with E-state index in [1.54, 1.807) is 0 Å². The van der Waals surface area contributed by atoms with Crippen molar-refractivity contribution in [3.05, 3.63) is 23.4 Å². The largest absolute Gasteiger partial charge is 0.370 e. The Labute approximate surface area is 89.9 Å². The summed E-state index contributed by atoms with van der Waals surface area (Å²) in [6.45, 7) is 1.02. The Kier molecular flexibility index (Phi) is 3.33. The number of fused-ring (bicyclic) bond motifs is 1. The van der Waals surface area contributed by atoms with Crippen molar-refractivity contribution in [3.63, 3.8) is 0 Å². The van der Waals surface area contributed by atoms with Gasteiger partial charge >= 0.3 is 0 Å². The Morgan fingerprint density at radius 2 is 2.40 bits per heavy atom. The zero-order valence-electron chi connectivity index (χ0n) is 8.75. The molecule has 0 unspecified atom stereocenters. The molecule has 0 atom stereocenters. The summed E-state index contributed by atoms with van der Waals surface area (Å²) in [5, 5.41) is 3.30. The van der Waals surface area contributed by atoms with Crippen molar-refractivity contribution in [1.82, 2.24) is 4.98 Å². The molecule has 15 heavy (non-hydrogen) atoms. The van der Waals surface area contributed by atoms with Crippen LogP contribution in [0.3, 0.4) is 0 Å². The topological polar surface area (TPSA) is 42.0 Å². The molecule has 0 aliphatic carbocycles. The fourth-order valence-electron chi connectivity index (χ4n) is 1.85. The van der Waals surface area contributed by atoms with Crippen LogP contribution in [0.25, 0.3) is 0 Å². The SMILES string of the molecule is O=[C]CCCc1ccc2c(n1)NCCC2. The standard InChI is InChI=1S/C12H15N2O/c15-9-2-1-5-11-7-6-10-4-3-8-13-12(10)14-11/h6-7H,1-5,8H2,(H,13,14). The van der Waals surface area contributed by atoms with Crippen LogP contribution in [0.1, 0.15) is 30.5 Å². The number of carbonyl (C=O) groups excluding carboxylic acids is 1. The summed E-state index contributed by atoms with van der Waals surface area (Å²) in [4.78, 5) is 14.6. The number of rotatable bonds is 4. The van der Waals surface area contributed by atoms with Gasteiger partial charge in [-0.05, 0) is 37.3 Å². The van der Waals surface area contributed by atoms with E-state index < -0.39 is 0 Å². The minimum absolute atomic E-state index is 0.506. The number of aryl methyl sites for hydroxylation is 2. The lowest BCUT2D eigenvalue weighted by molar-refractivity contribution is 0.548. The normalized spacial score (nSPS) is 14.1. The monoisotopic (exact) mass is 203 g/mol. The highest BCUT2D eigenvalue weighted by Crippen LogP contribution is 2.20. The minimum Gasteiger partial charge on any atom is -0.370 e. The van der Waals surface area contributed by atoms with Gasteiger partial charge in [-0.2, -0.15) is 0 Å². The Bertz CT molecular complexity index is 349. The molecule has 0 spiro atoms. The molecule has 0 bridgehead atoms. The highest BCUT2D eigenvalue weighted by atomic mass is 16.1. The van der Waals surface area contributed by atoms with Crippen LogP contribution < -0.4 is 5.32 Å². The molecule has 3 heteroatoms. The van der Waals surface area contributed by atoms with Gasteiger partial charge in [0.2, 0.25) is 0 Å². The van der Waals surface area contributed by atoms with Crippen LogP contribution >= 0.6 is 0 Å². The van der Waals surface area contributed by atoms with Gasteiger partial charge in [0, 0.05) is 18.7 Å². The Balaban J connectivity index is 2.03. The van der Waals surface area contributed by atoms with Crippen LogP contribution in [-0.2, 0) is 17.6 Å². The lowest BCUT2D eigenvalue weighted by Crippen LogP contribution is -2.13. The quantitative estimate of drug-likeness (QED) is 0.760. The average Bonchev–Trinajstić information content (AvgIpc) is 2.29. The second-order valence-corrected chi connectivity index (χ2v) is 3.84. The van der Waals surface area contributed by atoms with Gasteiger partial charge in [0.1, 0.15) is 5.82 Å². The molecule has 0 aromatic carbocycles. The molecule has 79 valence electrons. The van der Waals surface area contributed by atoms with Gasteiger partial charge in [-0.3, -0.25) is 4.79 Å². The van der Waals surface area contributed by atoms with Crippen LogP contribution in [0.15, 0.2) is 12.1 Å². The van der Waals surface area contributed by atoms with Crippen molar-refractivity contribution in [2.24, 2.45) is 0 Å². The predicted molar refractivity (Wildman–Crippen MR) is 59.7 cm³/mol. The Hall–Kier alpha value is -1.38. The molecular formula is C12H15N2O. The third-order valence-electron chi connectivity index (χ3n) is 2.66. The minimum atomic E-state index is 0.506. The third-order valence-corrected chi connectivity index (χ3v) is 2.66. The number of nitrogens with zero attached hydrogens (tertiary/aromatic N) is 1. The van der Waals surface area contributed by atoms with E-state index in [9.17, 15) is 4.79 Å². The first kappa shape index (κ1) is 10.1. The molecule has 1 N–H and O–H groups in total. The first-order valence-corrected chi connectivity index (χ1v) is 5.48. The summed E-state index contributed by atoms with van der Waals surface area (Å²) < 4.78 is 0. The van der Waals surface area contributed by atoms with Crippen molar-refractivity contribution >= 4 is 12.1 Å². The fraction of sp³-hybridized carbons (Fsp3) is 0.500. The lowest BCUT2D eigenvalue weighted by Gasteiger charge is -2.17. The Morgan fingerprint density at radius 1 is 1.47 bits per heavy atom. The molecule has 0 saturated heterocycles. The number of unbranched alkanes of at least 4 members (excludes halogenated alkanes) is 1. The molecule has 1 aromatic rings. The number of pyridine rings is 1. The molecule has 0 saturated carbocycles. The molecule has 1 radical (unpaired) electrons. The maximum absolute atomic E-state index is 10.1. The second-order valence-electron chi connectivity index (χ2n) is 3.84.